The summed E-state index contributed by atoms with van der Waals surface area (Å²) in [7, 11) is 0. The Morgan fingerprint density at radius 2 is 2.31 bits per heavy atom. The van der Waals surface area contributed by atoms with Crippen LogP contribution in [0.5, 0.6) is 0 Å². The van der Waals surface area contributed by atoms with Crippen molar-refractivity contribution >= 4 is 23.1 Å². The number of hydrogen-bond acceptors (Lipinski definition) is 2. The van der Waals surface area contributed by atoms with E-state index in [4.69, 9.17) is 0 Å². The van der Waals surface area contributed by atoms with Gasteiger partial charge in [-0.3, -0.25) is 0 Å². The Morgan fingerprint density at radius 1 is 1.31 bits per heavy atom. The number of thiophene rings is 1. The van der Waals surface area contributed by atoms with Crippen LogP contribution in [0.25, 0.3) is 11.8 Å². The summed E-state index contributed by atoms with van der Waals surface area (Å²) in [6, 6.07) is 2.20. The average Bonchev–Trinajstić information content (AvgIpc) is 2.65. The van der Waals surface area contributed by atoms with E-state index in [1.165, 1.54) is 15.4 Å². The van der Waals surface area contributed by atoms with E-state index in [0.29, 0.717) is 0 Å². The first-order chi connectivity index (χ1) is 6.45. The zero-order valence-electron chi connectivity index (χ0n) is 7.10. The van der Waals surface area contributed by atoms with Gasteiger partial charge in [0.05, 0.1) is 0 Å². The Balaban J connectivity index is 2.40. The number of fused-ring (bicyclic) bond motifs is 2. The Labute approximate surface area is 80.6 Å². The lowest BCUT2D eigenvalue weighted by atomic mass is 10.2. The van der Waals surface area contributed by atoms with Crippen molar-refractivity contribution in [3.05, 3.63) is 45.6 Å². The molecular weight excluding hydrogens is 178 g/mol. The van der Waals surface area contributed by atoms with Crippen molar-refractivity contribution in [3.8, 4) is 0 Å². The molecular formula is C11H9NS. The number of hydrogen-bond donors (Lipinski definition) is 0. The van der Waals surface area contributed by atoms with Crippen molar-refractivity contribution in [1.82, 2.24) is 4.90 Å². The molecule has 1 aromatic heterocycles. The third kappa shape index (κ3) is 0.988. The molecule has 0 saturated heterocycles. The van der Waals surface area contributed by atoms with Crippen LogP contribution >= 0.6 is 11.3 Å². The van der Waals surface area contributed by atoms with Crippen molar-refractivity contribution in [2.45, 2.75) is 0 Å². The summed E-state index contributed by atoms with van der Waals surface area (Å²) in [6.07, 6.45) is 10.8. The van der Waals surface area contributed by atoms with E-state index in [9.17, 15) is 0 Å². The van der Waals surface area contributed by atoms with Crippen LogP contribution in [0.4, 0.5) is 0 Å². The molecule has 0 fully saturated rings. The van der Waals surface area contributed by atoms with Gasteiger partial charge in [0.1, 0.15) is 0 Å². The summed E-state index contributed by atoms with van der Waals surface area (Å²) in [5.74, 6) is 0. The van der Waals surface area contributed by atoms with E-state index in [1.807, 2.05) is 11.3 Å². The second-order valence-corrected chi connectivity index (χ2v) is 4.09. The Morgan fingerprint density at radius 3 is 3.31 bits per heavy atom. The van der Waals surface area contributed by atoms with Crippen molar-refractivity contribution < 1.29 is 0 Å². The van der Waals surface area contributed by atoms with E-state index in [0.717, 1.165) is 6.54 Å². The molecule has 64 valence electrons. The van der Waals surface area contributed by atoms with Gasteiger partial charge in [-0.15, -0.1) is 11.3 Å². The summed E-state index contributed by atoms with van der Waals surface area (Å²) < 4.78 is 1.41. The Hall–Kier alpha value is -1.28. The van der Waals surface area contributed by atoms with Crippen LogP contribution < -0.4 is 9.75 Å². The van der Waals surface area contributed by atoms with Crippen LogP contribution in [-0.4, -0.2) is 11.4 Å². The zero-order chi connectivity index (χ0) is 8.67. The predicted molar refractivity (Wildman–Crippen MR) is 56.4 cm³/mol. The molecule has 2 heteroatoms. The van der Waals surface area contributed by atoms with Crippen molar-refractivity contribution in [3.63, 3.8) is 0 Å². The minimum absolute atomic E-state index is 1.00. The molecule has 0 N–H and O–H groups in total. The summed E-state index contributed by atoms with van der Waals surface area (Å²) >= 11 is 1.82. The maximum atomic E-state index is 2.28. The molecule has 0 saturated carbocycles. The van der Waals surface area contributed by atoms with E-state index >= 15 is 0 Å². The van der Waals surface area contributed by atoms with E-state index in [-0.39, 0.29) is 0 Å². The lowest BCUT2D eigenvalue weighted by Crippen LogP contribution is -2.34. The molecule has 0 amide bonds. The van der Waals surface area contributed by atoms with Crippen LogP contribution in [0.1, 0.15) is 0 Å². The number of nitrogens with zero attached hydrogens (tertiary/aromatic N) is 1. The highest BCUT2D eigenvalue weighted by molar-refractivity contribution is 7.07. The standard InChI is InChI=1S/C11H9NS/c1-2-6-12-7-4-11-9(5-8-13-11)10(12)3-1/h1-6,8H,7H2. The molecule has 0 unspecified atom stereocenters. The van der Waals surface area contributed by atoms with Gasteiger partial charge in [-0.25, -0.2) is 0 Å². The van der Waals surface area contributed by atoms with Crippen molar-refractivity contribution in [1.29, 1.82) is 0 Å². The first-order valence-corrected chi connectivity index (χ1v) is 5.23. The fourth-order valence-corrected chi connectivity index (χ4v) is 2.57. The fraction of sp³-hybridized carbons (Fsp3) is 0.0909. The van der Waals surface area contributed by atoms with Gasteiger partial charge in [-0.2, -0.15) is 0 Å². The summed E-state index contributed by atoms with van der Waals surface area (Å²) in [4.78, 5) is 2.27. The maximum absolute atomic E-state index is 2.28. The lowest BCUT2D eigenvalue weighted by Gasteiger charge is -2.24. The first-order valence-electron chi connectivity index (χ1n) is 4.35. The lowest BCUT2D eigenvalue weighted by molar-refractivity contribution is 0.599. The van der Waals surface area contributed by atoms with Crippen molar-refractivity contribution in [2.24, 2.45) is 0 Å². The zero-order valence-corrected chi connectivity index (χ0v) is 7.92. The summed E-state index contributed by atoms with van der Waals surface area (Å²) in [5.41, 5.74) is 1.33. The van der Waals surface area contributed by atoms with Crippen LogP contribution in [0.15, 0.2) is 35.9 Å². The van der Waals surface area contributed by atoms with Crippen molar-refractivity contribution in [2.75, 3.05) is 6.54 Å². The monoisotopic (exact) mass is 187 g/mol. The molecule has 13 heavy (non-hydrogen) atoms. The molecule has 2 aliphatic heterocycles. The van der Waals surface area contributed by atoms with E-state index in [2.05, 4.69) is 46.9 Å². The highest BCUT2D eigenvalue weighted by atomic mass is 32.1. The fourth-order valence-electron chi connectivity index (χ4n) is 1.75. The normalized spacial score (nSPS) is 18.2. The summed E-state index contributed by atoms with van der Waals surface area (Å²) in [6.45, 7) is 1.00. The third-order valence-corrected chi connectivity index (χ3v) is 3.30. The van der Waals surface area contributed by atoms with Crippen LogP contribution in [-0.2, 0) is 0 Å². The maximum Gasteiger partial charge on any atom is 0.0497 e. The second kappa shape index (κ2) is 2.60. The van der Waals surface area contributed by atoms with Crippen LogP contribution in [0.3, 0.4) is 0 Å². The smallest absolute Gasteiger partial charge is 0.0497 e. The molecule has 1 nitrogen and oxygen atoms in total. The van der Waals surface area contributed by atoms with Crippen LogP contribution in [0.2, 0.25) is 0 Å². The Bertz CT molecular complexity index is 504. The van der Waals surface area contributed by atoms with Crippen LogP contribution in [0, 0.1) is 0 Å². The molecule has 3 heterocycles. The minimum Gasteiger partial charge on any atom is -0.344 e. The molecule has 2 aliphatic rings. The Kier molecular flexibility index (Phi) is 1.43. The van der Waals surface area contributed by atoms with Gasteiger partial charge in [-0.05, 0) is 29.7 Å². The molecule has 0 spiro atoms. The summed E-state index contributed by atoms with van der Waals surface area (Å²) in [5, 5.41) is 3.53. The van der Waals surface area contributed by atoms with Gasteiger partial charge in [0, 0.05) is 28.2 Å². The van der Waals surface area contributed by atoms with Gasteiger partial charge >= 0.3 is 0 Å². The largest absolute Gasteiger partial charge is 0.344 e. The number of rotatable bonds is 0. The van der Waals surface area contributed by atoms with Gasteiger partial charge in [0.15, 0.2) is 0 Å². The van der Waals surface area contributed by atoms with Gasteiger partial charge in [0.25, 0.3) is 0 Å². The quantitative estimate of drug-likeness (QED) is 0.586. The van der Waals surface area contributed by atoms with Gasteiger partial charge in [-0.1, -0.05) is 6.08 Å². The molecule has 0 bridgehead atoms. The molecule has 3 rings (SSSR count). The highest BCUT2D eigenvalue weighted by Gasteiger charge is 2.10. The average molecular weight is 187 g/mol. The molecule has 0 aliphatic carbocycles. The topological polar surface area (TPSA) is 3.24 Å². The minimum atomic E-state index is 1.00. The first kappa shape index (κ1) is 7.15. The van der Waals surface area contributed by atoms with Gasteiger partial charge < -0.3 is 4.90 Å². The third-order valence-electron chi connectivity index (χ3n) is 2.39. The molecule has 0 radical (unpaired) electrons. The molecule has 0 aromatic carbocycles. The van der Waals surface area contributed by atoms with E-state index in [1.54, 1.807) is 0 Å². The van der Waals surface area contributed by atoms with E-state index < -0.39 is 0 Å². The molecule has 0 atom stereocenters. The second-order valence-electron chi connectivity index (χ2n) is 3.14. The predicted octanol–water partition coefficient (Wildman–Crippen LogP) is 1.04. The number of allylic oxidation sites excluding steroid dienone is 2. The highest BCUT2D eigenvalue weighted by Crippen LogP contribution is 2.13. The SMILES string of the molecule is C1=CC2=c3ccsc3=CCN2C=C1. The van der Waals surface area contributed by atoms with Gasteiger partial charge in [0.2, 0.25) is 0 Å². The molecule has 1 aromatic rings.